The molecule has 2 saturated heterocycles. The lowest BCUT2D eigenvalue weighted by atomic mass is 9.76. The van der Waals surface area contributed by atoms with Crippen LogP contribution in [-0.4, -0.2) is 31.4 Å². The fourth-order valence-electron chi connectivity index (χ4n) is 3.83. The second-order valence-corrected chi connectivity index (χ2v) is 8.73. The van der Waals surface area contributed by atoms with Gasteiger partial charge in [0, 0.05) is 24.2 Å². The summed E-state index contributed by atoms with van der Waals surface area (Å²) >= 11 is 0. The van der Waals surface area contributed by atoms with Gasteiger partial charge < -0.3 is 14.2 Å². The highest BCUT2D eigenvalue weighted by molar-refractivity contribution is 6.64. The smallest absolute Gasteiger partial charge is 0.399 e. The molecule has 3 aliphatic rings. The first kappa shape index (κ1) is 16.5. The highest BCUT2D eigenvalue weighted by Crippen LogP contribution is 2.41. The van der Waals surface area contributed by atoms with Crippen LogP contribution < -0.4 is 10.4 Å². The molecule has 0 amide bonds. The number of rotatable bonds is 3. The topological polar surface area (TPSA) is 21.7 Å². The SMILES string of the molecule is CC1(C)OB(c2cc(C3CC3)ccc2N2CCCCC2)OC1(C)C. The molecule has 1 aromatic carbocycles. The number of piperidine rings is 1. The van der Waals surface area contributed by atoms with Gasteiger partial charge in [0.25, 0.3) is 0 Å². The van der Waals surface area contributed by atoms with Gasteiger partial charge >= 0.3 is 7.12 Å². The van der Waals surface area contributed by atoms with Crippen LogP contribution in [0, 0.1) is 0 Å². The molecule has 0 unspecified atom stereocenters. The minimum atomic E-state index is -0.285. The first-order valence-corrected chi connectivity index (χ1v) is 9.62. The van der Waals surface area contributed by atoms with Crippen LogP contribution in [0.2, 0.25) is 0 Å². The molecule has 4 rings (SSSR count). The zero-order valence-electron chi connectivity index (χ0n) is 15.6. The van der Waals surface area contributed by atoms with E-state index in [1.807, 2.05) is 0 Å². The lowest BCUT2D eigenvalue weighted by Gasteiger charge is -2.32. The molecule has 4 heteroatoms. The first-order chi connectivity index (χ1) is 11.4. The van der Waals surface area contributed by atoms with Crippen molar-refractivity contribution in [1.29, 1.82) is 0 Å². The maximum absolute atomic E-state index is 6.39. The van der Waals surface area contributed by atoms with Crippen molar-refractivity contribution in [3.8, 4) is 0 Å². The van der Waals surface area contributed by atoms with Crippen LogP contribution in [0.15, 0.2) is 18.2 Å². The Labute approximate surface area is 146 Å². The van der Waals surface area contributed by atoms with Crippen molar-refractivity contribution in [3.63, 3.8) is 0 Å². The van der Waals surface area contributed by atoms with E-state index >= 15 is 0 Å². The monoisotopic (exact) mass is 327 g/mol. The van der Waals surface area contributed by atoms with E-state index in [0.717, 1.165) is 19.0 Å². The number of benzene rings is 1. The first-order valence-electron chi connectivity index (χ1n) is 9.62. The summed E-state index contributed by atoms with van der Waals surface area (Å²) in [6.45, 7) is 10.8. The Morgan fingerprint density at radius 1 is 0.958 bits per heavy atom. The second-order valence-electron chi connectivity index (χ2n) is 8.73. The van der Waals surface area contributed by atoms with Gasteiger partial charge in [0.1, 0.15) is 0 Å². The Hall–Kier alpha value is -0.995. The Balaban J connectivity index is 1.70. The van der Waals surface area contributed by atoms with Gasteiger partial charge in [-0.15, -0.1) is 0 Å². The summed E-state index contributed by atoms with van der Waals surface area (Å²) in [5.74, 6) is 0.751. The van der Waals surface area contributed by atoms with Crippen molar-refractivity contribution in [1.82, 2.24) is 0 Å². The van der Waals surface area contributed by atoms with Crippen LogP contribution in [0.3, 0.4) is 0 Å². The molecule has 1 aliphatic carbocycles. The zero-order chi connectivity index (χ0) is 16.9. The van der Waals surface area contributed by atoms with Gasteiger partial charge in [-0.2, -0.15) is 0 Å². The van der Waals surface area contributed by atoms with Gasteiger partial charge in [-0.3, -0.25) is 0 Å². The van der Waals surface area contributed by atoms with Crippen molar-refractivity contribution < 1.29 is 9.31 Å². The quantitative estimate of drug-likeness (QED) is 0.787. The van der Waals surface area contributed by atoms with E-state index in [1.165, 1.54) is 48.8 Å². The molecule has 24 heavy (non-hydrogen) atoms. The molecule has 0 spiro atoms. The summed E-state index contributed by atoms with van der Waals surface area (Å²) in [5, 5.41) is 0. The van der Waals surface area contributed by atoms with Gasteiger partial charge in [0.05, 0.1) is 11.2 Å². The third-order valence-electron chi connectivity index (χ3n) is 6.30. The maximum Gasteiger partial charge on any atom is 0.496 e. The Morgan fingerprint density at radius 2 is 1.58 bits per heavy atom. The number of nitrogens with zero attached hydrogens (tertiary/aromatic N) is 1. The minimum Gasteiger partial charge on any atom is -0.399 e. The van der Waals surface area contributed by atoms with Gasteiger partial charge in [-0.1, -0.05) is 12.1 Å². The lowest BCUT2D eigenvalue weighted by Crippen LogP contribution is -2.41. The van der Waals surface area contributed by atoms with E-state index in [2.05, 4.69) is 50.8 Å². The minimum absolute atomic E-state index is 0.259. The van der Waals surface area contributed by atoms with Crippen LogP contribution in [0.5, 0.6) is 0 Å². The van der Waals surface area contributed by atoms with E-state index in [9.17, 15) is 0 Å². The normalized spacial score (nSPS) is 26.0. The third-order valence-corrected chi connectivity index (χ3v) is 6.30. The summed E-state index contributed by atoms with van der Waals surface area (Å²) in [5.41, 5.74) is 3.44. The Morgan fingerprint density at radius 3 is 2.17 bits per heavy atom. The summed E-state index contributed by atoms with van der Waals surface area (Å²) < 4.78 is 12.8. The summed E-state index contributed by atoms with van der Waals surface area (Å²) in [4.78, 5) is 2.53. The molecule has 2 heterocycles. The van der Waals surface area contributed by atoms with E-state index in [1.54, 1.807) is 0 Å². The van der Waals surface area contributed by atoms with Crippen molar-refractivity contribution in [3.05, 3.63) is 23.8 Å². The zero-order valence-corrected chi connectivity index (χ0v) is 15.6. The number of hydrogen-bond acceptors (Lipinski definition) is 3. The fraction of sp³-hybridized carbons (Fsp3) is 0.700. The van der Waals surface area contributed by atoms with Crippen molar-refractivity contribution in [2.45, 2.75) is 76.9 Å². The second kappa shape index (κ2) is 5.77. The molecule has 0 aromatic heterocycles. The Kier molecular flexibility index (Phi) is 3.96. The Bertz CT molecular complexity index is 602. The standard InChI is InChI=1S/C20H30BNO2/c1-19(2)20(3,4)24-21(23-19)17-14-16(15-8-9-15)10-11-18(17)22-12-6-5-7-13-22/h10-11,14-15H,5-9,12-13H2,1-4H3. The van der Waals surface area contributed by atoms with Crippen molar-refractivity contribution in [2.75, 3.05) is 18.0 Å². The molecule has 0 bridgehead atoms. The molecular formula is C20H30BNO2. The van der Waals surface area contributed by atoms with Crippen molar-refractivity contribution in [2.24, 2.45) is 0 Å². The van der Waals surface area contributed by atoms with E-state index < -0.39 is 0 Å². The molecule has 0 atom stereocenters. The molecule has 1 saturated carbocycles. The number of hydrogen-bond donors (Lipinski definition) is 0. The molecule has 0 N–H and O–H groups in total. The predicted octanol–water partition coefficient (Wildman–Crippen LogP) is 3.85. The number of anilines is 1. The van der Waals surface area contributed by atoms with E-state index in [-0.39, 0.29) is 18.3 Å². The van der Waals surface area contributed by atoms with Crippen LogP contribution in [0.25, 0.3) is 0 Å². The van der Waals surface area contributed by atoms with Crippen LogP contribution in [0.1, 0.15) is 71.3 Å². The molecule has 3 fully saturated rings. The largest absolute Gasteiger partial charge is 0.496 e. The summed E-state index contributed by atoms with van der Waals surface area (Å²) in [6.07, 6.45) is 6.57. The van der Waals surface area contributed by atoms with E-state index in [0.29, 0.717) is 0 Å². The average Bonchev–Trinajstić information content (AvgIpc) is 3.36. The lowest BCUT2D eigenvalue weighted by molar-refractivity contribution is 0.00578. The van der Waals surface area contributed by atoms with Crippen molar-refractivity contribution >= 4 is 18.3 Å². The summed E-state index contributed by atoms with van der Waals surface area (Å²) in [6, 6.07) is 7.01. The van der Waals surface area contributed by atoms with Gasteiger partial charge in [-0.25, -0.2) is 0 Å². The average molecular weight is 327 g/mol. The highest BCUT2D eigenvalue weighted by Gasteiger charge is 2.52. The fourth-order valence-corrected chi connectivity index (χ4v) is 3.83. The molecule has 0 radical (unpaired) electrons. The molecule has 2 aliphatic heterocycles. The molecule has 130 valence electrons. The van der Waals surface area contributed by atoms with Crippen LogP contribution in [0.4, 0.5) is 5.69 Å². The highest BCUT2D eigenvalue weighted by atomic mass is 16.7. The predicted molar refractivity (Wildman–Crippen MR) is 100 cm³/mol. The van der Waals surface area contributed by atoms with E-state index in [4.69, 9.17) is 9.31 Å². The van der Waals surface area contributed by atoms with Gasteiger partial charge in [0.2, 0.25) is 0 Å². The van der Waals surface area contributed by atoms with Gasteiger partial charge in [0.15, 0.2) is 0 Å². The van der Waals surface area contributed by atoms with Crippen LogP contribution >= 0.6 is 0 Å². The molecular weight excluding hydrogens is 297 g/mol. The van der Waals surface area contributed by atoms with Gasteiger partial charge in [-0.05, 0) is 77.3 Å². The maximum atomic E-state index is 6.39. The third kappa shape index (κ3) is 2.88. The molecule has 1 aromatic rings. The molecule has 3 nitrogen and oxygen atoms in total. The van der Waals surface area contributed by atoms with Crippen LogP contribution in [-0.2, 0) is 9.31 Å². The summed E-state index contributed by atoms with van der Waals surface area (Å²) in [7, 11) is -0.259.